The summed E-state index contributed by atoms with van der Waals surface area (Å²) in [5, 5.41) is 0. The zero-order chi connectivity index (χ0) is 12.8. The summed E-state index contributed by atoms with van der Waals surface area (Å²) in [6.07, 6.45) is 0.865. The molecular formula is C15H19FS. The average Bonchev–Trinajstić information content (AvgIpc) is 2.77. The molecule has 17 heavy (non-hydrogen) atoms. The van der Waals surface area contributed by atoms with Crippen molar-refractivity contribution in [3.8, 4) is 10.4 Å². The molecule has 0 saturated carbocycles. The van der Waals surface area contributed by atoms with Crippen LogP contribution in [0, 0.1) is 12.7 Å². The van der Waals surface area contributed by atoms with Gasteiger partial charge in [0.1, 0.15) is 5.82 Å². The number of halogens is 1. The molecule has 0 radical (unpaired) electrons. The Morgan fingerprint density at radius 1 is 1.12 bits per heavy atom. The summed E-state index contributed by atoms with van der Waals surface area (Å²) in [7, 11) is 0. The Kier molecular flexibility index (Phi) is 5.36. The van der Waals surface area contributed by atoms with Gasteiger partial charge >= 0.3 is 0 Å². The number of hydrogen-bond donors (Lipinski definition) is 0. The zero-order valence-corrected chi connectivity index (χ0v) is 11.7. The van der Waals surface area contributed by atoms with Gasteiger partial charge < -0.3 is 0 Å². The largest absolute Gasteiger partial charge is 0.206 e. The van der Waals surface area contributed by atoms with Gasteiger partial charge in [-0.3, -0.25) is 0 Å². The predicted octanol–water partition coefficient (Wildman–Crippen LogP) is 5.45. The van der Waals surface area contributed by atoms with Gasteiger partial charge in [-0.2, -0.15) is 0 Å². The molecule has 2 heteroatoms. The molecular weight excluding hydrogens is 231 g/mol. The molecule has 0 unspecified atom stereocenters. The lowest BCUT2D eigenvalue weighted by atomic mass is 10.0. The van der Waals surface area contributed by atoms with E-state index in [4.69, 9.17) is 0 Å². The molecule has 0 spiro atoms. The van der Waals surface area contributed by atoms with E-state index in [1.807, 2.05) is 39.0 Å². The summed E-state index contributed by atoms with van der Waals surface area (Å²) in [5.74, 6) is -0.115. The maximum atomic E-state index is 13.7. The van der Waals surface area contributed by atoms with E-state index < -0.39 is 0 Å². The first-order chi connectivity index (χ1) is 8.22. The fourth-order valence-corrected chi connectivity index (χ4v) is 2.66. The van der Waals surface area contributed by atoms with Crippen molar-refractivity contribution in [3.05, 3.63) is 46.6 Å². The highest BCUT2D eigenvalue weighted by Gasteiger charge is 2.10. The van der Waals surface area contributed by atoms with Crippen molar-refractivity contribution in [3.63, 3.8) is 0 Å². The Balaban J connectivity index is 0.000000686. The minimum Gasteiger partial charge on any atom is -0.206 e. The number of benzene rings is 1. The molecule has 1 heterocycles. The molecule has 0 aliphatic carbocycles. The maximum Gasteiger partial charge on any atom is 0.132 e. The molecule has 1 aromatic heterocycles. The Morgan fingerprint density at radius 3 is 2.35 bits per heavy atom. The second-order valence-electron chi connectivity index (χ2n) is 3.54. The van der Waals surface area contributed by atoms with Crippen LogP contribution < -0.4 is 0 Å². The van der Waals surface area contributed by atoms with Crippen LogP contribution in [0.25, 0.3) is 10.4 Å². The van der Waals surface area contributed by atoms with Crippen molar-refractivity contribution in [2.24, 2.45) is 0 Å². The summed E-state index contributed by atoms with van der Waals surface area (Å²) in [6.45, 7) is 8.10. The van der Waals surface area contributed by atoms with E-state index in [1.54, 1.807) is 17.4 Å². The van der Waals surface area contributed by atoms with E-state index in [0.29, 0.717) is 0 Å². The van der Waals surface area contributed by atoms with Crippen molar-refractivity contribution in [2.45, 2.75) is 34.1 Å². The molecule has 2 aromatic rings. The molecule has 0 atom stereocenters. The van der Waals surface area contributed by atoms with Crippen LogP contribution in [0.4, 0.5) is 4.39 Å². The smallest absolute Gasteiger partial charge is 0.132 e. The zero-order valence-electron chi connectivity index (χ0n) is 10.9. The van der Waals surface area contributed by atoms with E-state index in [2.05, 4.69) is 6.92 Å². The van der Waals surface area contributed by atoms with E-state index in [-0.39, 0.29) is 5.82 Å². The first-order valence-electron chi connectivity index (χ1n) is 6.06. The summed E-state index contributed by atoms with van der Waals surface area (Å²) < 4.78 is 13.7. The van der Waals surface area contributed by atoms with Gasteiger partial charge in [-0.15, -0.1) is 11.3 Å². The summed E-state index contributed by atoms with van der Waals surface area (Å²) in [6, 6.07) is 9.33. The van der Waals surface area contributed by atoms with Gasteiger partial charge in [0.05, 0.1) is 0 Å². The van der Waals surface area contributed by atoms with E-state index in [9.17, 15) is 4.39 Å². The van der Waals surface area contributed by atoms with E-state index in [1.165, 1.54) is 10.9 Å². The van der Waals surface area contributed by atoms with Crippen LogP contribution in [0.1, 0.15) is 31.2 Å². The molecule has 0 N–H and O–H groups in total. The van der Waals surface area contributed by atoms with E-state index in [0.717, 1.165) is 22.4 Å². The van der Waals surface area contributed by atoms with Gasteiger partial charge in [-0.1, -0.05) is 32.9 Å². The average molecular weight is 250 g/mol. The van der Waals surface area contributed by atoms with E-state index >= 15 is 0 Å². The highest BCUT2D eigenvalue weighted by molar-refractivity contribution is 7.15. The van der Waals surface area contributed by atoms with Crippen molar-refractivity contribution in [1.82, 2.24) is 0 Å². The number of aryl methyl sites for hydroxylation is 2. The lowest BCUT2D eigenvalue weighted by molar-refractivity contribution is 0.630. The molecule has 0 amide bonds. The van der Waals surface area contributed by atoms with Crippen molar-refractivity contribution in [1.29, 1.82) is 0 Å². The molecule has 0 fully saturated rings. The van der Waals surface area contributed by atoms with Gasteiger partial charge in [-0.05, 0) is 37.1 Å². The van der Waals surface area contributed by atoms with Crippen LogP contribution in [-0.2, 0) is 6.42 Å². The molecule has 0 saturated heterocycles. The minimum atomic E-state index is -0.115. The number of hydrogen-bond acceptors (Lipinski definition) is 1. The number of thiophene rings is 1. The third kappa shape index (κ3) is 3.16. The van der Waals surface area contributed by atoms with Gasteiger partial charge in [0.2, 0.25) is 0 Å². The monoisotopic (exact) mass is 250 g/mol. The van der Waals surface area contributed by atoms with Gasteiger partial charge in [0.25, 0.3) is 0 Å². The Labute approximate surface area is 107 Å². The first-order valence-corrected chi connectivity index (χ1v) is 6.88. The van der Waals surface area contributed by atoms with Gasteiger partial charge in [0, 0.05) is 15.3 Å². The summed E-state index contributed by atoms with van der Waals surface area (Å²) in [5.41, 5.74) is 1.86. The van der Waals surface area contributed by atoms with Crippen molar-refractivity contribution < 1.29 is 4.39 Å². The molecule has 0 nitrogen and oxygen atoms in total. The lowest BCUT2D eigenvalue weighted by Crippen LogP contribution is -1.89. The second-order valence-corrected chi connectivity index (χ2v) is 4.83. The van der Waals surface area contributed by atoms with Gasteiger partial charge in [-0.25, -0.2) is 4.39 Å². The number of rotatable bonds is 2. The predicted molar refractivity (Wildman–Crippen MR) is 75.2 cm³/mol. The minimum absolute atomic E-state index is 0.115. The van der Waals surface area contributed by atoms with Crippen LogP contribution >= 0.6 is 11.3 Å². The molecule has 92 valence electrons. The van der Waals surface area contributed by atoms with Crippen LogP contribution in [-0.4, -0.2) is 0 Å². The lowest BCUT2D eigenvalue weighted by Gasteiger charge is -2.06. The second kappa shape index (κ2) is 6.55. The quantitative estimate of drug-likeness (QED) is 0.664. The molecule has 0 aliphatic heterocycles. The molecule has 1 aromatic carbocycles. The van der Waals surface area contributed by atoms with Crippen LogP contribution in [0.3, 0.4) is 0 Å². The molecule has 2 rings (SSSR count). The standard InChI is InChI=1S/C13H13FS.C2H6/c1-3-10-5-4-6-11(14)13(10)12-8-7-9(2)15-12;1-2/h4-8H,3H2,1-2H3;1-2H3. The highest BCUT2D eigenvalue weighted by Crippen LogP contribution is 2.32. The van der Waals surface area contributed by atoms with Crippen molar-refractivity contribution >= 4 is 11.3 Å². The third-order valence-corrected chi connectivity index (χ3v) is 3.49. The van der Waals surface area contributed by atoms with Crippen LogP contribution in [0.5, 0.6) is 0 Å². The summed E-state index contributed by atoms with van der Waals surface area (Å²) >= 11 is 1.64. The van der Waals surface area contributed by atoms with Gasteiger partial charge in [0.15, 0.2) is 0 Å². The Bertz CT molecular complexity index is 472. The molecule has 0 bridgehead atoms. The topological polar surface area (TPSA) is 0 Å². The maximum absolute atomic E-state index is 13.7. The first kappa shape index (κ1) is 13.9. The third-order valence-electron chi connectivity index (χ3n) is 2.47. The Hall–Kier alpha value is -1.15. The van der Waals surface area contributed by atoms with Crippen LogP contribution in [0.15, 0.2) is 30.3 Å². The van der Waals surface area contributed by atoms with Crippen molar-refractivity contribution in [2.75, 3.05) is 0 Å². The van der Waals surface area contributed by atoms with Crippen LogP contribution in [0.2, 0.25) is 0 Å². The normalized spacial score (nSPS) is 9.71. The highest BCUT2D eigenvalue weighted by atomic mass is 32.1. The molecule has 0 aliphatic rings. The fourth-order valence-electron chi connectivity index (χ4n) is 1.71. The Morgan fingerprint density at radius 2 is 1.82 bits per heavy atom. The fraction of sp³-hybridized carbons (Fsp3) is 0.333. The summed E-state index contributed by atoms with van der Waals surface area (Å²) in [4.78, 5) is 2.25. The SMILES string of the molecule is CC.CCc1cccc(F)c1-c1ccc(C)s1.